The Morgan fingerprint density at radius 3 is 2.60 bits per heavy atom. The summed E-state index contributed by atoms with van der Waals surface area (Å²) < 4.78 is 7.68. The van der Waals surface area contributed by atoms with Crippen molar-refractivity contribution in [3.8, 4) is 17.0 Å². The number of nitrogens with one attached hydrogen (secondary N) is 2. The fourth-order valence-electron chi connectivity index (χ4n) is 6.16. The van der Waals surface area contributed by atoms with Crippen molar-refractivity contribution in [3.05, 3.63) is 61.6 Å². The lowest BCUT2D eigenvalue weighted by molar-refractivity contribution is -0.111. The summed E-state index contributed by atoms with van der Waals surface area (Å²) in [5.74, 6) is 1.01. The molecule has 2 aliphatic rings. The van der Waals surface area contributed by atoms with Crippen LogP contribution in [0.15, 0.2) is 61.6 Å². The highest BCUT2D eigenvalue weighted by Gasteiger charge is 2.27. The molecule has 0 unspecified atom stereocenters. The van der Waals surface area contributed by atoms with Crippen LogP contribution < -0.4 is 20.3 Å². The van der Waals surface area contributed by atoms with E-state index in [-0.39, 0.29) is 5.91 Å². The van der Waals surface area contributed by atoms with Gasteiger partial charge in [-0.25, -0.2) is 9.97 Å². The van der Waals surface area contributed by atoms with Crippen LogP contribution in [0.1, 0.15) is 32.1 Å². The molecule has 2 aromatic carbocycles. The minimum atomic E-state index is -0.259. The number of aromatic nitrogens is 4. The molecular weight excluding hydrogens is 528 g/mol. The standard InChI is InChI=1S/C32H38N8O2/c1-4-32(41)37-26-17-27(30(42-3)19-29(26)40-14-10-24(11-15-40)39-12-6-5-7-13-39)36-31-18-25(33-21-34-31)22-8-9-23-20-35-38(2)28(23)16-22/h4,8-9,16-21,24H,1,5-7,10-15H2,2-3H3,(H,37,41)(H,33,34,36). The van der Waals surface area contributed by atoms with Gasteiger partial charge in [-0.15, -0.1) is 0 Å². The molecular formula is C32H38N8O2. The number of rotatable bonds is 8. The average Bonchev–Trinajstić information content (AvgIpc) is 3.41. The van der Waals surface area contributed by atoms with Gasteiger partial charge in [-0.3, -0.25) is 9.48 Å². The molecule has 10 heteroatoms. The van der Waals surface area contributed by atoms with Crippen molar-refractivity contribution >= 4 is 39.7 Å². The first-order chi connectivity index (χ1) is 20.5. The maximum Gasteiger partial charge on any atom is 0.247 e. The van der Waals surface area contributed by atoms with E-state index in [0.29, 0.717) is 29.0 Å². The van der Waals surface area contributed by atoms with Gasteiger partial charge in [0.15, 0.2) is 0 Å². The molecule has 218 valence electrons. The van der Waals surface area contributed by atoms with E-state index in [1.165, 1.54) is 38.4 Å². The predicted molar refractivity (Wildman–Crippen MR) is 168 cm³/mol. The van der Waals surface area contributed by atoms with Gasteiger partial charge >= 0.3 is 0 Å². The van der Waals surface area contributed by atoms with Crippen molar-refractivity contribution in [3.63, 3.8) is 0 Å². The van der Waals surface area contributed by atoms with E-state index in [9.17, 15) is 4.79 Å². The fraction of sp³-hybridized carbons (Fsp3) is 0.375. The van der Waals surface area contributed by atoms with E-state index in [4.69, 9.17) is 4.74 Å². The van der Waals surface area contributed by atoms with Gasteiger partial charge in [-0.05, 0) is 57.0 Å². The number of hydrogen-bond acceptors (Lipinski definition) is 8. The van der Waals surface area contributed by atoms with E-state index in [2.05, 4.69) is 48.1 Å². The highest BCUT2D eigenvalue weighted by Crippen LogP contribution is 2.40. The zero-order valence-corrected chi connectivity index (χ0v) is 24.3. The van der Waals surface area contributed by atoms with E-state index in [1.807, 2.05) is 48.3 Å². The molecule has 42 heavy (non-hydrogen) atoms. The summed E-state index contributed by atoms with van der Waals surface area (Å²) in [5.41, 5.74) is 5.11. The molecule has 2 aliphatic heterocycles. The zero-order valence-electron chi connectivity index (χ0n) is 24.3. The van der Waals surface area contributed by atoms with Crippen LogP contribution in [-0.2, 0) is 11.8 Å². The smallest absolute Gasteiger partial charge is 0.247 e. The summed E-state index contributed by atoms with van der Waals surface area (Å²) >= 11 is 0. The number of likely N-dealkylation sites (tertiary alicyclic amines) is 1. The van der Waals surface area contributed by atoms with Crippen LogP contribution in [0.5, 0.6) is 5.75 Å². The number of methoxy groups -OCH3 is 1. The summed E-state index contributed by atoms with van der Waals surface area (Å²) in [6.45, 7) is 7.91. The van der Waals surface area contributed by atoms with Gasteiger partial charge < -0.3 is 25.2 Å². The third-order valence-electron chi connectivity index (χ3n) is 8.45. The van der Waals surface area contributed by atoms with Crippen molar-refractivity contribution < 1.29 is 9.53 Å². The first-order valence-electron chi connectivity index (χ1n) is 14.7. The van der Waals surface area contributed by atoms with Crippen LogP contribution in [0.2, 0.25) is 0 Å². The molecule has 0 radical (unpaired) electrons. The van der Waals surface area contributed by atoms with E-state index in [1.54, 1.807) is 13.4 Å². The van der Waals surface area contributed by atoms with Gasteiger partial charge in [-0.2, -0.15) is 5.10 Å². The highest BCUT2D eigenvalue weighted by atomic mass is 16.5. The number of benzene rings is 2. The molecule has 2 N–H and O–H groups in total. The van der Waals surface area contributed by atoms with Crippen LogP contribution in [0.25, 0.3) is 22.2 Å². The summed E-state index contributed by atoms with van der Waals surface area (Å²) in [7, 11) is 3.58. The average molecular weight is 567 g/mol. The normalized spacial score (nSPS) is 16.4. The minimum Gasteiger partial charge on any atom is -0.494 e. The van der Waals surface area contributed by atoms with Crippen LogP contribution >= 0.6 is 0 Å². The second-order valence-corrected chi connectivity index (χ2v) is 11.0. The second-order valence-electron chi connectivity index (χ2n) is 11.0. The maximum absolute atomic E-state index is 12.5. The Balaban J connectivity index is 1.26. The number of hydrogen-bond donors (Lipinski definition) is 2. The number of anilines is 4. The third-order valence-corrected chi connectivity index (χ3v) is 8.45. The molecule has 0 saturated carbocycles. The molecule has 0 spiro atoms. The molecule has 2 saturated heterocycles. The van der Waals surface area contributed by atoms with Gasteiger partial charge in [0, 0.05) is 49.3 Å². The van der Waals surface area contributed by atoms with Crippen molar-refractivity contribution in [2.45, 2.75) is 38.1 Å². The van der Waals surface area contributed by atoms with Crippen molar-refractivity contribution in [2.75, 3.05) is 48.8 Å². The topological polar surface area (TPSA) is 100 Å². The van der Waals surface area contributed by atoms with Gasteiger partial charge in [0.1, 0.15) is 17.9 Å². The third kappa shape index (κ3) is 5.80. The van der Waals surface area contributed by atoms with E-state index < -0.39 is 0 Å². The Kier molecular flexibility index (Phi) is 8.05. The maximum atomic E-state index is 12.5. The van der Waals surface area contributed by atoms with Crippen LogP contribution in [0.4, 0.5) is 22.9 Å². The summed E-state index contributed by atoms with van der Waals surface area (Å²) in [6.07, 6.45) is 10.8. The Labute approximate surface area is 246 Å². The van der Waals surface area contributed by atoms with E-state index in [0.717, 1.165) is 53.8 Å². The zero-order chi connectivity index (χ0) is 29.1. The molecule has 0 bridgehead atoms. The first-order valence-corrected chi connectivity index (χ1v) is 14.7. The summed E-state index contributed by atoms with van der Waals surface area (Å²) in [4.78, 5) is 26.5. The van der Waals surface area contributed by atoms with Gasteiger partial charge in [-0.1, -0.05) is 25.1 Å². The number of fused-ring (bicyclic) bond motifs is 1. The number of carbonyl (C=O) groups is 1. The Bertz CT molecular complexity index is 1580. The number of amides is 1. The highest BCUT2D eigenvalue weighted by molar-refractivity contribution is 6.02. The first kappa shape index (κ1) is 27.7. The lowest BCUT2D eigenvalue weighted by Crippen LogP contribution is -2.46. The Morgan fingerprint density at radius 1 is 1.02 bits per heavy atom. The number of ether oxygens (including phenoxy) is 1. The number of carbonyl (C=O) groups excluding carboxylic acids is 1. The van der Waals surface area contributed by atoms with Crippen LogP contribution in [0.3, 0.4) is 0 Å². The van der Waals surface area contributed by atoms with Gasteiger partial charge in [0.25, 0.3) is 0 Å². The number of piperidine rings is 2. The monoisotopic (exact) mass is 566 g/mol. The second kappa shape index (κ2) is 12.2. The lowest BCUT2D eigenvalue weighted by Gasteiger charge is -2.41. The molecule has 4 heterocycles. The van der Waals surface area contributed by atoms with Gasteiger partial charge in [0.05, 0.1) is 41.6 Å². The number of nitrogens with zero attached hydrogens (tertiary/aromatic N) is 6. The van der Waals surface area contributed by atoms with Crippen LogP contribution in [0, 0.1) is 0 Å². The molecule has 0 aliphatic carbocycles. The van der Waals surface area contributed by atoms with Crippen molar-refractivity contribution in [1.82, 2.24) is 24.6 Å². The molecule has 6 rings (SSSR count). The SMILES string of the molecule is C=CC(=O)Nc1cc(Nc2cc(-c3ccc4cnn(C)c4c3)ncn2)c(OC)cc1N1CCC(N2CCCCC2)CC1. The van der Waals surface area contributed by atoms with Crippen molar-refractivity contribution in [2.24, 2.45) is 7.05 Å². The molecule has 4 aromatic rings. The van der Waals surface area contributed by atoms with E-state index >= 15 is 0 Å². The summed E-state index contributed by atoms with van der Waals surface area (Å²) in [6, 6.07) is 12.6. The molecule has 2 fully saturated rings. The quantitative estimate of drug-likeness (QED) is 0.275. The molecule has 2 aromatic heterocycles. The number of aryl methyl sites for hydroxylation is 1. The summed E-state index contributed by atoms with van der Waals surface area (Å²) in [5, 5.41) is 11.8. The molecule has 10 nitrogen and oxygen atoms in total. The Hall–Kier alpha value is -4.44. The van der Waals surface area contributed by atoms with Crippen molar-refractivity contribution in [1.29, 1.82) is 0 Å². The van der Waals surface area contributed by atoms with Gasteiger partial charge in [0.2, 0.25) is 5.91 Å². The predicted octanol–water partition coefficient (Wildman–Crippen LogP) is 5.36. The Morgan fingerprint density at radius 2 is 1.83 bits per heavy atom. The van der Waals surface area contributed by atoms with Crippen LogP contribution in [-0.4, -0.2) is 69.9 Å². The minimum absolute atomic E-state index is 0.259. The largest absolute Gasteiger partial charge is 0.494 e. The lowest BCUT2D eigenvalue weighted by atomic mass is 9.99. The molecule has 0 atom stereocenters. The molecule has 1 amide bonds. The fourth-order valence-corrected chi connectivity index (χ4v) is 6.16.